The summed E-state index contributed by atoms with van der Waals surface area (Å²) in [6, 6.07) is 0. The van der Waals surface area contributed by atoms with Crippen LogP contribution in [0.3, 0.4) is 0 Å². The first-order valence-corrected chi connectivity index (χ1v) is 7.30. The molecule has 0 aromatic rings. The second-order valence-corrected chi connectivity index (χ2v) is 5.58. The van der Waals surface area contributed by atoms with Crippen molar-refractivity contribution in [1.82, 2.24) is 0 Å². The van der Waals surface area contributed by atoms with Crippen LogP contribution in [0.25, 0.3) is 0 Å². The summed E-state index contributed by atoms with van der Waals surface area (Å²) >= 11 is 11.3. The molecule has 0 aromatic heterocycles. The number of hydrogen-bond donors (Lipinski definition) is 0. The fraction of sp³-hybridized carbons (Fsp3) is 0.923. The average molecular weight is 267 g/mol. The number of carbonyl (C=O) groups excluding carboxylic acids is 1. The molecule has 0 saturated carbocycles. The van der Waals surface area contributed by atoms with Crippen molar-refractivity contribution in [3.8, 4) is 0 Å². The van der Waals surface area contributed by atoms with Gasteiger partial charge < -0.3 is 0 Å². The Morgan fingerprint density at radius 1 is 0.938 bits per heavy atom. The van der Waals surface area contributed by atoms with Crippen molar-refractivity contribution in [2.45, 2.75) is 52.4 Å². The topological polar surface area (TPSA) is 17.1 Å². The van der Waals surface area contributed by atoms with Gasteiger partial charge in [0, 0.05) is 24.6 Å². The Hall–Kier alpha value is 0.250. The second kappa shape index (κ2) is 10.4. The standard InChI is InChI=1S/C13H24Cl2O/c1-11(5-3-7-14)9-13(16)10-12(2)6-4-8-15/h11-12H,3-10H2,1-2H3. The summed E-state index contributed by atoms with van der Waals surface area (Å²) in [7, 11) is 0. The molecule has 2 atom stereocenters. The zero-order valence-corrected chi connectivity index (χ0v) is 12.0. The lowest BCUT2D eigenvalue weighted by molar-refractivity contribution is -0.120. The van der Waals surface area contributed by atoms with Crippen LogP contribution >= 0.6 is 23.2 Å². The van der Waals surface area contributed by atoms with Gasteiger partial charge in [-0.1, -0.05) is 13.8 Å². The minimum Gasteiger partial charge on any atom is -0.300 e. The fourth-order valence-electron chi connectivity index (χ4n) is 1.92. The zero-order chi connectivity index (χ0) is 12.4. The highest BCUT2D eigenvalue weighted by molar-refractivity contribution is 6.18. The summed E-state index contributed by atoms with van der Waals surface area (Å²) in [5, 5.41) is 0. The van der Waals surface area contributed by atoms with Crippen LogP contribution in [0.4, 0.5) is 0 Å². The monoisotopic (exact) mass is 266 g/mol. The Bertz CT molecular complexity index is 165. The van der Waals surface area contributed by atoms with E-state index < -0.39 is 0 Å². The van der Waals surface area contributed by atoms with Crippen LogP contribution in [-0.4, -0.2) is 17.5 Å². The third kappa shape index (κ3) is 9.47. The Morgan fingerprint density at radius 3 is 1.62 bits per heavy atom. The van der Waals surface area contributed by atoms with Crippen molar-refractivity contribution in [1.29, 1.82) is 0 Å². The third-order valence-electron chi connectivity index (χ3n) is 2.81. The quantitative estimate of drug-likeness (QED) is 0.527. The van der Waals surface area contributed by atoms with Gasteiger partial charge in [0.15, 0.2) is 0 Å². The highest BCUT2D eigenvalue weighted by Crippen LogP contribution is 2.17. The molecule has 2 unspecified atom stereocenters. The molecular weight excluding hydrogens is 243 g/mol. The molecule has 0 spiro atoms. The van der Waals surface area contributed by atoms with Crippen molar-refractivity contribution in [2.24, 2.45) is 11.8 Å². The number of ketones is 1. The number of alkyl halides is 2. The molecule has 3 heteroatoms. The summed E-state index contributed by atoms with van der Waals surface area (Å²) in [4.78, 5) is 11.7. The van der Waals surface area contributed by atoms with Crippen molar-refractivity contribution in [3.63, 3.8) is 0 Å². The van der Waals surface area contributed by atoms with Crippen LogP contribution < -0.4 is 0 Å². The maximum Gasteiger partial charge on any atom is 0.133 e. The molecule has 0 saturated heterocycles. The lowest BCUT2D eigenvalue weighted by atomic mass is 9.93. The first-order valence-electron chi connectivity index (χ1n) is 6.23. The Kier molecular flexibility index (Phi) is 10.6. The van der Waals surface area contributed by atoms with Crippen molar-refractivity contribution in [3.05, 3.63) is 0 Å². The molecule has 0 N–H and O–H groups in total. The van der Waals surface area contributed by atoms with Gasteiger partial charge in [-0.3, -0.25) is 4.79 Å². The van der Waals surface area contributed by atoms with Gasteiger partial charge in [-0.15, -0.1) is 23.2 Å². The van der Waals surface area contributed by atoms with Crippen LogP contribution in [0.1, 0.15) is 52.4 Å². The molecule has 0 aliphatic rings. The lowest BCUT2D eigenvalue weighted by Crippen LogP contribution is -2.10. The van der Waals surface area contributed by atoms with Gasteiger partial charge in [-0.2, -0.15) is 0 Å². The van der Waals surface area contributed by atoms with E-state index in [1.807, 2.05) is 0 Å². The van der Waals surface area contributed by atoms with E-state index in [1.54, 1.807) is 0 Å². The van der Waals surface area contributed by atoms with Crippen LogP contribution in [-0.2, 0) is 4.79 Å². The van der Waals surface area contributed by atoms with E-state index in [4.69, 9.17) is 23.2 Å². The maximum atomic E-state index is 11.7. The predicted octanol–water partition coefficient (Wildman–Crippen LogP) is 4.65. The Morgan fingerprint density at radius 2 is 1.31 bits per heavy atom. The van der Waals surface area contributed by atoms with Gasteiger partial charge in [0.05, 0.1) is 0 Å². The predicted molar refractivity (Wildman–Crippen MR) is 72.5 cm³/mol. The van der Waals surface area contributed by atoms with E-state index in [2.05, 4.69) is 13.8 Å². The molecule has 0 fully saturated rings. The van der Waals surface area contributed by atoms with Crippen LogP contribution in [0.5, 0.6) is 0 Å². The lowest BCUT2D eigenvalue weighted by Gasteiger charge is -2.12. The largest absolute Gasteiger partial charge is 0.300 e. The van der Waals surface area contributed by atoms with E-state index >= 15 is 0 Å². The molecule has 0 radical (unpaired) electrons. The van der Waals surface area contributed by atoms with E-state index in [-0.39, 0.29) is 0 Å². The first kappa shape index (κ1) is 16.2. The molecule has 0 bridgehead atoms. The van der Waals surface area contributed by atoms with E-state index in [0.717, 1.165) is 25.7 Å². The van der Waals surface area contributed by atoms with Crippen LogP contribution in [0, 0.1) is 11.8 Å². The van der Waals surface area contributed by atoms with Gasteiger partial charge >= 0.3 is 0 Å². The molecular formula is C13H24Cl2O. The number of carbonyl (C=O) groups is 1. The smallest absolute Gasteiger partial charge is 0.133 e. The second-order valence-electron chi connectivity index (χ2n) is 4.82. The molecule has 0 aliphatic heterocycles. The normalized spacial score (nSPS) is 14.8. The highest BCUT2D eigenvalue weighted by atomic mass is 35.5. The Balaban J connectivity index is 3.63. The van der Waals surface area contributed by atoms with Gasteiger partial charge in [-0.25, -0.2) is 0 Å². The molecule has 0 aliphatic carbocycles. The van der Waals surface area contributed by atoms with Crippen LogP contribution in [0.2, 0.25) is 0 Å². The molecule has 16 heavy (non-hydrogen) atoms. The van der Waals surface area contributed by atoms with E-state index in [9.17, 15) is 4.79 Å². The summed E-state index contributed by atoms with van der Waals surface area (Å²) in [6.07, 6.45) is 5.57. The van der Waals surface area contributed by atoms with Crippen LogP contribution in [0.15, 0.2) is 0 Å². The molecule has 96 valence electrons. The number of Topliss-reactive ketones (excluding diaryl/α,β-unsaturated/α-hetero) is 1. The van der Waals surface area contributed by atoms with Gasteiger partial charge in [0.25, 0.3) is 0 Å². The third-order valence-corrected chi connectivity index (χ3v) is 3.35. The summed E-state index contributed by atoms with van der Waals surface area (Å²) in [5.74, 6) is 2.75. The number of rotatable bonds is 10. The van der Waals surface area contributed by atoms with Gasteiger partial charge in [0.2, 0.25) is 0 Å². The summed E-state index contributed by atoms with van der Waals surface area (Å²) in [5.41, 5.74) is 0. The molecule has 0 rings (SSSR count). The molecule has 1 nitrogen and oxygen atoms in total. The number of hydrogen-bond acceptors (Lipinski definition) is 1. The number of halogens is 2. The fourth-order valence-corrected chi connectivity index (χ4v) is 2.22. The average Bonchev–Trinajstić information content (AvgIpc) is 2.23. The van der Waals surface area contributed by atoms with Crippen molar-refractivity contribution in [2.75, 3.05) is 11.8 Å². The Labute approximate surface area is 110 Å². The SMILES string of the molecule is CC(CCCCl)CC(=O)CC(C)CCCCl. The minimum atomic E-state index is 0.393. The van der Waals surface area contributed by atoms with E-state index in [1.165, 1.54) is 0 Å². The van der Waals surface area contributed by atoms with Gasteiger partial charge in [-0.05, 0) is 37.5 Å². The summed E-state index contributed by atoms with van der Waals surface area (Å²) < 4.78 is 0. The maximum absolute atomic E-state index is 11.7. The van der Waals surface area contributed by atoms with Gasteiger partial charge in [0.1, 0.15) is 5.78 Å². The first-order chi connectivity index (χ1) is 7.60. The highest BCUT2D eigenvalue weighted by Gasteiger charge is 2.12. The molecule has 0 heterocycles. The molecule has 0 amide bonds. The van der Waals surface area contributed by atoms with Crippen molar-refractivity contribution >= 4 is 29.0 Å². The minimum absolute atomic E-state index is 0.393. The van der Waals surface area contributed by atoms with E-state index in [0.29, 0.717) is 42.2 Å². The van der Waals surface area contributed by atoms with Crippen molar-refractivity contribution < 1.29 is 4.79 Å². The summed E-state index contributed by atoms with van der Waals surface area (Å²) in [6.45, 7) is 4.27. The molecule has 0 aromatic carbocycles. The zero-order valence-electron chi connectivity index (χ0n) is 10.5.